The Morgan fingerprint density at radius 1 is 1.19 bits per heavy atom. The Balaban J connectivity index is 1.67. The van der Waals surface area contributed by atoms with Crippen molar-refractivity contribution in [2.45, 2.75) is 44.3 Å². The zero-order chi connectivity index (χ0) is 14.8. The summed E-state index contributed by atoms with van der Waals surface area (Å²) in [4.78, 5) is 4.62. The summed E-state index contributed by atoms with van der Waals surface area (Å²) in [6.07, 6.45) is 4.83. The summed E-state index contributed by atoms with van der Waals surface area (Å²) in [6, 6.07) is 6.63. The number of nitrogens with zero attached hydrogens (tertiary/aromatic N) is 2. The van der Waals surface area contributed by atoms with E-state index in [1.165, 1.54) is 12.8 Å². The number of benzene rings is 1. The molecule has 0 radical (unpaired) electrons. The SMILES string of the molecule is CN1CCC(N(C)c2cc(F)cc(CNC3CC3)c2)CC1. The first-order chi connectivity index (χ1) is 10.1. The van der Waals surface area contributed by atoms with Crippen molar-refractivity contribution in [3.63, 3.8) is 0 Å². The van der Waals surface area contributed by atoms with Crippen molar-refractivity contribution in [3.8, 4) is 0 Å². The molecule has 1 aliphatic carbocycles. The molecule has 0 atom stereocenters. The largest absolute Gasteiger partial charge is 0.371 e. The van der Waals surface area contributed by atoms with Gasteiger partial charge < -0.3 is 15.1 Å². The highest BCUT2D eigenvalue weighted by Crippen LogP contribution is 2.25. The lowest BCUT2D eigenvalue weighted by Gasteiger charge is -2.36. The molecule has 2 aliphatic rings. The van der Waals surface area contributed by atoms with Gasteiger partial charge in [-0.15, -0.1) is 0 Å². The Labute approximate surface area is 127 Å². The van der Waals surface area contributed by atoms with Crippen molar-refractivity contribution in [1.82, 2.24) is 10.2 Å². The van der Waals surface area contributed by atoms with E-state index >= 15 is 0 Å². The molecule has 2 fully saturated rings. The molecule has 0 bridgehead atoms. The van der Waals surface area contributed by atoms with E-state index < -0.39 is 0 Å². The summed E-state index contributed by atoms with van der Waals surface area (Å²) in [7, 11) is 4.27. The van der Waals surface area contributed by atoms with Gasteiger partial charge in [0.15, 0.2) is 0 Å². The molecule has 1 saturated carbocycles. The predicted octanol–water partition coefficient (Wildman–Crippen LogP) is 2.61. The molecule has 0 amide bonds. The number of hydrogen-bond acceptors (Lipinski definition) is 3. The minimum atomic E-state index is -0.125. The first-order valence-corrected chi connectivity index (χ1v) is 8.06. The molecular weight excluding hydrogens is 265 g/mol. The lowest BCUT2D eigenvalue weighted by atomic mass is 10.0. The number of piperidine rings is 1. The normalized spacial score (nSPS) is 20.7. The van der Waals surface area contributed by atoms with Crippen molar-refractivity contribution in [3.05, 3.63) is 29.6 Å². The summed E-state index contributed by atoms with van der Waals surface area (Å²) in [6.45, 7) is 3.03. The monoisotopic (exact) mass is 291 g/mol. The van der Waals surface area contributed by atoms with E-state index in [0.29, 0.717) is 12.1 Å². The van der Waals surface area contributed by atoms with Crippen LogP contribution < -0.4 is 10.2 Å². The standard InChI is InChI=1S/C17H26FN3/c1-20-7-5-16(6-8-20)21(2)17-10-13(9-14(18)11-17)12-19-15-3-4-15/h9-11,15-16,19H,3-8,12H2,1-2H3. The fraction of sp³-hybridized carbons (Fsp3) is 0.647. The Morgan fingerprint density at radius 2 is 1.90 bits per heavy atom. The Hall–Kier alpha value is -1.13. The molecule has 21 heavy (non-hydrogen) atoms. The third-order valence-corrected chi connectivity index (χ3v) is 4.76. The molecular formula is C17H26FN3. The summed E-state index contributed by atoms with van der Waals surface area (Å²) in [5.41, 5.74) is 2.06. The van der Waals surface area contributed by atoms with Crippen LogP contribution in [0.25, 0.3) is 0 Å². The third-order valence-electron chi connectivity index (χ3n) is 4.76. The smallest absolute Gasteiger partial charge is 0.125 e. The fourth-order valence-corrected chi connectivity index (χ4v) is 3.08. The summed E-state index contributed by atoms with van der Waals surface area (Å²) in [5.74, 6) is -0.125. The van der Waals surface area contributed by atoms with Crippen LogP contribution in [-0.2, 0) is 6.54 Å². The number of anilines is 1. The van der Waals surface area contributed by atoms with Crippen molar-refractivity contribution >= 4 is 5.69 Å². The second-order valence-electron chi connectivity index (χ2n) is 6.62. The molecule has 1 N–H and O–H groups in total. The molecule has 1 aromatic carbocycles. The Bertz CT molecular complexity index is 479. The Morgan fingerprint density at radius 3 is 2.57 bits per heavy atom. The molecule has 0 spiro atoms. The van der Waals surface area contributed by atoms with Crippen LogP contribution in [0.3, 0.4) is 0 Å². The fourth-order valence-electron chi connectivity index (χ4n) is 3.08. The van der Waals surface area contributed by atoms with E-state index in [1.807, 2.05) is 0 Å². The van der Waals surface area contributed by atoms with Gasteiger partial charge in [-0.3, -0.25) is 0 Å². The number of hydrogen-bond donors (Lipinski definition) is 1. The van der Waals surface area contributed by atoms with Gasteiger partial charge in [-0.05, 0) is 69.6 Å². The maximum atomic E-state index is 13.9. The van der Waals surface area contributed by atoms with Crippen LogP contribution in [0.2, 0.25) is 0 Å². The number of nitrogens with one attached hydrogen (secondary N) is 1. The van der Waals surface area contributed by atoms with E-state index in [4.69, 9.17) is 0 Å². The van der Waals surface area contributed by atoms with Crippen LogP contribution in [0.1, 0.15) is 31.2 Å². The average molecular weight is 291 g/mol. The van der Waals surface area contributed by atoms with E-state index in [9.17, 15) is 4.39 Å². The number of rotatable bonds is 5. The third kappa shape index (κ3) is 3.95. The van der Waals surface area contributed by atoms with Crippen LogP contribution in [0.5, 0.6) is 0 Å². The lowest BCUT2D eigenvalue weighted by molar-refractivity contribution is 0.253. The first kappa shape index (κ1) is 14.8. The zero-order valence-corrected chi connectivity index (χ0v) is 13.1. The van der Waals surface area contributed by atoms with Gasteiger partial charge in [-0.1, -0.05) is 0 Å². The van der Waals surface area contributed by atoms with Gasteiger partial charge in [0.05, 0.1) is 0 Å². The topological polar surface area (TPSA) is 18.5 Å². The molecule has 1 aliphatic heterocycles. The van der Waals surface area contributed by atoms with E-state index in [0.717, 1.165) is 43.7 Å². The highest BCUT2D eigenvalue weighted by molar-refractivity contribution is 5.49. The maximum absolute atomic E-state index is 13.9. The van der Waals surface area contributed by atoms with Crippen molar-refractivity contribution in [1.29, 1.82) is 0 Å². The van der Waals surface area contributed by atoms with E-state index in [2.05, 4.69) is 35.3 Å². The van der Waals surface area contributed by atoms with Crippen molar-refractivity contribution < 1.29 is 4.39 Å². The molecule has 0 unspecified atom stereocenters. The van der Waals surface area contributed by atoms with Crippen LogP contribution in [0.15, 0.2) is 18.2 Å². The van der Waals surface area contributed by atoms with E-state index in [-0.39, 0.29) is 5.82 Å². The van der Waals surface area contributed by atoms with Crippen LogP contribution >= 0.6 is 0 Å². The molecule has 3 nitrogen and oxygen atoms in total. The highest BCUT2D eigenvalue weighted by Gasteiger charge is 2.22. The maximum Gasteiger partial charge on any atom is 0.125 e. The predicted molar refractivity (Wildman–Crippen MR) is 85.2 cm³/mol. The number of halogens is 1. The Kier molecular flexibility index (Phi) is 4.45. The molecule has 4 heteroatoms. The second-order valence-corrected chi connectivity index (χ2v) is 6.62. The molecule has 1 heterocycles. The molecule has 0 aromatic heterocycles. The van der Waals surface area contributed by atoms with Crippen LogP contribution in [0.4, 0.5) is 10.1 Å². The van der Waals surface area contributed by atoms with Crippen molar-refractivity contribution in [2.24, 2.45) is 0 Å². The minimum absolute atomic E-state index is 0.125. The van der Waals surface area contributed by atoms with Gasteiger partial charge in [-0.25, -0.2) is 4.39 Å². The number of likely N-dealkylation sites (tertiary alicyclic amines) is 1. The highest BCUT2D eigenvalue weighted by atomic mass is 19.1. The van der Waals surface area contributed by atoms with Gasteiger partial charge in [0.25, 0.3) is 0 Å². The summed E-state index contributed by atoms with van der Waals surface area (Å²) < 4.78 is 13.9. The van der Waals surface area contributed by atoms with Gasteiger partial charge in [0.2, 0.25) is 0 Å². The first-order valence-electron chi connectivity index (χ1n) is 8.06. The lowest BCUT2D eigenvalue weighted by Crippen LogP contribution is -2.42. The minimum Gasteiger partial charge on any atom is -0.371 e. The summed E-state index contributed by atoms with van der Waals surface area (Å²) >= 11 is 0. The zero-order valence-electron chi connectivity index (χ0n) is 13.1. The van der Waals surface area contributed by atoms with E-state index in [1.54, 1.807) is 12.1 Å². The molecule has 1 aromatic rings. The summed E-state index contributed by atoms with van der Waals surface area (Å²) in [5, 5.41) is 3.46. The van der Waals surface area contributed by atoms with Gasteiger partial charge in [-0.2, -0.15) is 0 Å². The van der Waals surface area contributed by atoms with Gasteiger partial charge >= 0.3 is 0 Å². The molecule has 3 rings (SSSR count). The van der Waals surface area contributed by atoms with Crippen molar-refractivity contribution in [2.75, 3.05) is 32.1 Å². The quantitative estimate of drug-likeness (QED) is 0.899. The molecule has 116 valence electrons. The van der Waals surface area contributed by atoms with Gasteiger partial charge in [0.1, 0.15) is 5.82 Å². The van der Waals surface area contributed by atoms with Gasteiger partial charge in [0, 0.05) is 31.4 Å². The van der Waals surface area contributed by atoms with Crippen LogP contribution in [-0.4, -0.2) is 44.2 Å². The van der Waals surface area contributed by atoms with Crippen LogP contribution in [0, 0.1) is 5.82 Å². The average Bonchev–Trinajstić information content (AvgIpc) is 3.29. The second kappa shape index (κ2) is 6.32. The molecule has 1 saturated heterocycles.